The molecule has 3 heteroatoms. The molecule has 0 N–H and O–H groups in total. The second-order valence-electron chi connectivity index (χ2n) is 1.80. The van der Waals surface area contributed by atoms with Gasteiger partial charge in [-0.05, 0) is 5.38 Å². The van der Waals surface area contributed by atoms with E-state index in [0.717, 1.165) is 11.3 Å². The quantitative estimate of drug-likeness (QED) is 0.649. The minimum Gasteiger partial charge on any atom is -0.496 e. The fraction of sp³-hybridized carbons (Fsp3) is 0.286. The molecule has 1 aromatic heterocycles. The van der Waals surface area contributed by atoms with E-state index in [2.05, 4.69) is 6.07 Å². The van der Waals surface area contributed by atoms with Gasteiger partial charge in [0.25, 0.3) is 0 Å². The molecule has 0 aliphatic rings. The Labute approximate surface area is 63.7 Å². The van der Waals surface area contributed by atoms with Gasteiger partial charge in [-0.1, -0.05) is 0 Å². The second kappa shape index (κ2) is 3.23. The predicted octanol–water partition coefficient (Wildman–Crippen LogP) is 1.82. The van der Waals surface area contributed by atoms with Gasteiger partial charge in [0.05, 0.1) is 19.6 Å². The fourth-order valence-electron chi connectivity index (χ4n) is 0.705. The molecule has 0 saturated heterocycles. The third-order valence-corrected chi connectivity index (χ3v) is 1.96. The Morgan fingerprint density at radius 3 is 3.10 bits per heavy atom. The highest BCUT2D eigenvalue weighted by Crippen LogP contribution is 2.22. The lowest BCUT2D eigenvalue weighted by atomic mass is 10.2. The molecule has 0 aromatic carbocycles. The van der Waals surface area contributed by atoms with Crippen molar-refractivity contribution in [3.63, 3.8) is 0 Å². The van der Waals surface area contributed by atoms with Crippen molar-refractivity contribution < 1.29 is 4.74 Å². The van der Waals surface area contributed by atoms with Crippen molar-refractivity contribution in [1.82, 2.24) is 0 Å². The summed E-state index contributed by atoms with van der Waals surface area (Å²) in [5, 5.41) is 12.2. The van der Waals surface area contributed by atoms with Gasteiger partial charge in [0.2, 0.25) is 0 Å². The summed E-state index contributed by atoms with van der Waals surface area (Å²) in [6.07, 6.45) is 0.437. The Kier molecular flexibility index (Phi) is 2.30. The van der Waals surface area contributed by atoms with Crippen molar-refractivity contribution in [1.29, 1.82) is 5.26 Å². The molecule has 0 saturated carbocycles. The van der Waals surface area contributed by atoms with Gasteiger partial charge in [-0.25, -0.2) is 0 Å². The summed E-state index contributed by atoms with van der Waals surface area (Å²) in [4.78, 5) is 0. The largest absolute Gasteiger partial charge is 0.496 e. The summed E-state index contributed by atoms with van der Waals surface area (Å²) in [6, 6.07) is 2.07. The smallest absolute Gasteiger partial charge is 0.133 e. The molecule has 1 aromatic rings. The number of nitrogens with zero attached hydrogens (tertiary/aromatic N) is 1. The summed E-state index contributed by atoms with van der Waals surface area (Å²) >= 11 is 1.55. The maximum absolute atomic E-state index is 8.36. The normalized spacial score (nSPS) is 8.80. The first kappa shape index (κ1) is 7.10. The van der Waals surface area contributed by atoms with E-state index in [4.69, 9.17) is 10.00 Å². The van der Waals surface area contributed by atoms with Crippen LogP contribution in [0.3, 0.4) is 0 Å². The topological polar surface area (TPSA) is 33.0 Å². The molecule has 0 unspecified atom stereocenters. The van der Waals surface area contributed by atoms with Crippen LogP contribution in [0.4, 0.5) is 0 Å². The van der Waals surface area contributed by atoms with E-state index in [1.165, 1.54) is 0 Å². The lowest BCUT2D eigenvalue weighted by Crippen LogP contribution is -1.84. The molecule has 0 fully saturated rings. The minimum absolute atomic E-state index is 0.437. The Morgan fingerprint density at radius 2 is 2.50 bits per heavy atom. The molecule has 0 aliphatic heterocycles. The van der Waals surface area contributed by atoms with Crippen LogP contribution in [-0.4, -0.2) is 7.11 Å². The van der Waals surface area contributed by atoms with Gasteiger partial charge in [0.15, 0.2) is 0 Å². The van der Waals surface area contributed by atoms with Crippen LogP contribution in [0.5, 0.6) is 5.75 Å². The highest BCUT2D eigenvalue weighted by molar-refractivity contribution is 7.08. The average Bonchev–Trinajstić information content (AvgIpc) is 2.36. The minimum atomic E-state index is 0.437. The van der Waals surface area contributed by atoms with E-state index in [1.54, 1.807) is 18.4 Å². The van der Waals surface area contributed by atoms with Crippen LogP contribution in [0.15, 0.2) is 10.8 Å². The molecular formula is C7H7NOS. The molecule has 52 valence electrons. The van der Waals surface area contributed by atoms with E-state index >= 15 is 0 Å². The Balaban J connectivity index is 2.82. The van der Waals surface area contributed by atoms with E-state index in [-0.39, 0.29) is 0 Å². The van der Waals surface area contributed by atoms with E-state index < -0.39 is 0 Å². The Morgan fingerprint density at radius 1 is 1.70 bits per heavy atom. The number of methoxy groups -OCH3 is 1. The predicted molar refractivity (Wildman–Crippen MR) is 40.2 cm³/mol. The van der Waals surface area contributed by atoms with Crippen LogP contribution < -0.4 is 4.74 Å². The molecule has 0 aliphatic carbocycles. The number of thiophene rings is 1. The molecule has 0 amide bonds. The van der Waals surface area contributed by atoms with Gasteiger partial charge in [-0.2, -0.15) is 5.26 Å². The Bertz CT molecular complexity index is 248. The van der Waals surface area contributed by atoms with Crippen molar-refractivity contribution in [3.8, 4) is 11.8 Å². The fourth-order valence-corrected chi connectivity index (χ4v) is 1.51. The highest BCUT2D eigenvalue weighted by Gasteiger charge is 2.00. The number of nitriles is 1. The van der Waals surface area contributed by atoms with Crippen molar-refractivity contribution >= 4 is 11.3 Å². The molecule has 1 heterocycles. The van der Waals surface area contributed by atoms with E-state index in [1.807, 2.05) is 10.8 Å². The third-order valence-electron chi connectivity index (χ3n) is 1.19. The van der Waals surface area contributed by atoms with Crippen LogP contribution in [0.1, 0.15) is 5.56 Å². The lowest BCUT2D eigenvalue weighted by molar-refractivity contribution is 0.413. The number of hydrogen-bond donors (Lipinski definition) is 0. The van der Waals surface area contributed by atoms with E-state index in [0.29, 0.717) is 6.42 Å². The zero-order chi connectivity index (χ0) is 7.40. The summed E-state index contributed by atoms with van der Waals surface area (Å²) in [7, 11) is 1.61. The lowest BCUT2D eigenvalue weighted by Gasteiger charge is -1.95. The standard InChI is InChI=1S/C7H7NOS/c1-9-7-5-10-4-6(7)2-3-8/h4-5H,2H2,1H3. The number of hydrogen-bond acceptors (Lipinski definition) is 3. The Hall–Kier alpha value is -1.01. The summed E-state index contributed by atoms with van der Waals surface area (Å²) in [6.45, 7) is 0. The number of ether oxygens (including phenoxy) is 1. The SMILES string of the molecule is COc1cscc1CC#N. The molecular weight excluding hydrogens is 146 g/mol. The number of rotatable bonds is 2. The monoisotopic (exact) mass is 153 g/mol. The molecule has 0 bridgehead atoms. The van der Waals surface area contributed by atoms with Gasteiger partial charge in [-0.15, -0.1) is 11.3 Å². The molecule has 2 nitrogen and oxygen atoms in total. The third kappa shape index (κ3) is 1.28. The second-order valence-corrected chi connectivity index (χ2v) is 2.54. The van der Waals surface area contributed by atoms with Gasteiger partial charge >= 0.3 is 0 Å². The summed E-state index contributed by atoms with van der Waals surface area (Å²) in [5.74, 6) is 0.826. The molecule has 0 atom stereocenters. The van der Waals surface area contributed by atoms with Crippen LogP contribution >= 0.6 is 11.3 Å². The summed E-state index contributed by atoms with van der Waals surface area (Å²) < 4.78 is 5.00. The van der Waals surface area contributed by atoms with Crippen molar-refractivity contribution in [3.05, 3.63) is 16.3 Å². The average molecular weight is 153 g/mol. The highest BCUT2D eigenvalue weighted by atomic mass is 32.1. The van der Waals surface area contributed by atoms with Crippen LogP contribution in [0.25, 0.3) is 0 Å². The summed E-state index contributed by atoms with van der Waals surface area (Å²) in [5.41, 5.74) is 0.981. The zero-order valence-corrected chi connectivity index (χ0v) is 6.44. The molecule has 10 heavy (non-hydrogen) atoms. The first-order chi connectivity index (χ1) is 4.88. The van der Waals surface area contributed by atoms with Crippen LogP contribution in [0.2, 0.25) is 0 Å². The van der Waals surface area contributed by atoms with Crippen molar-refractivity contribution in [2.24, 2.45) is 0 Å². The van der Waals surface area contributed by atoms with Gasteiger partial charge < -0.3 is 4.74 Å². The molecule has 0 spiro atoms. The van der Waals surface area contributed by atoms with Crippen LogP contribution in [0, 0.1) is 11.3 Å². The van der Waals surface area contributed by atoms with Crippen LogP contribution in [-0.2, 0) is 6.42 Å². The zero-order valence-electron chi connectivity index (χ0n) is 5.63. The van der Waals surface area contributed by atoms with Gasteiger partial charge in [0, 0.05) is 10.9 Å². The molecule has 1 rings (SSSR count). The van der Waals surface area contributed by atoms with Gasteiger partial charge in [0.1, 0.15) is 5.75 Å². The maximum Gasteiger partial charge on any atom is 0.133 e. The first-order valence-corrected chi connectivity index (χ1v) is 3.78. The van der Waals surface area contributed by atoms with Gasteiger partial charge in [-0.3, -0.25) is 0 Å². The molecule has 0 radical (unpaired) electrons. The first-order valence-electron chi connectivity index (χ1n) is 2.84. The van der Waals surface area contributed by atoms with E-state index in [9.17, 15) is 0 Å². The van der Waals surface area contributed by atoms with Crippen molar-refractivity contribution in [2.45, 2.75) is 6.42 Å². The van der Waals surface area contributed by atoms with Crippen molar-refractivity contribution in [2.75, 3.05) is 7.11 Å². The maximum atomic E-state index is 8.36.